The van der Waals surface area contributed by atoms with Crippen LogP contribution < -0.4 is 5.32 Å². The van der Waals surface area contributed by atoms with Crippen LogP contribution in [0.15, 0.2) is 47.8 Å². The maximum Gasteiger partial charge on any atom is 0.187 e. The summed E-state index contributed by atoms with van der Waals surface area (Å²) in [6.07, 6.45) is 0. The molecule has 3 aromatic rings. The lowest BCUT2D eigenvalue weighted by molar-refractivity contribution is 1.38. The molecule has 1 heterocycles. The van der Waals surface area contributed by atoms with Gasteiger partial charge in [-0.25, -0.2) is 4.98 Å². The third kappa shape index (κ3) is 3.23. The maximum atomic E-state index is 8.79. The number of benzene rings is 2. The van der Waals surface area contributed by atoms with Gasteiger partial charge in [0.1, 0.15) is 0 Å². The van der Waals surface area contributed by atoms with Crippen molar-refractivity contribution >= 4 is 45.4 Å². The Morgan fingerprint density at radius 3 is 2.50 bits per heavy atom. The lowest BCUT2D eigenvalue weighted by Gasteiger charge is -2.02. The van der Waals surface area contributed by atoms with Crippen molar-refractivity contribution in [2.45, 2.75) is 0 Å². The molecule has 2 aromatic carbocycles. The zero-order valence-corrected chi connectivity index (χ0v) is 13.5. The molecule has 0 aliphatic heterocycles. The van der Waals surface area contributed by atoms with Gasteiger partial charge in [0.2, 0.25) is 0 Å². The molecule has 0 atom stereocenters. The lowest BCUT2D eigenvalue weighted by atomic mass is 10.2. The molecule has 0 aliphatic rings. The monoisotopic (exact) mass is 345 g/mol. The van der Waals surface area contributed by atoms with Gasteiger partial charge in [-0.15, -0.1) is 11.3 Å². The largest absolute Gasteiger partial charge is 0.332 e. The predicted molar refractivity (Wildman–Crippen MR) is 92.0 cm³/mol. The molecule has 0 unspecified atom stereocenters. The number of nitriles is 1. The van der Waals surface area contributed by atoms with E-state index in [2.05, 4.69) is 16.4 Å². The highest BCUT2D eigenvalue weighted by Crippen LogP contribution is 2.31. The van der Waals surface area contributed by atoms with Crippen molar-refractivity contribution < 1.29 is 0 Å². The number of thiazole rings is 1. The van der Waals surface area contributed by atoms with E-state index < -0.39 is 0 Å². The van der Waals surface area contributed by atoms with Crippen molar-refractivity contribution in [3.05, 3.63) is 63.5 Å². The number of nitrogens with zero attached hydrogens (tertiary/aromatic N) is 2. The topological polar surface area (TPSA) is 48.7 Å². The van der Waals surface area contributed by atoms with Crippen LogP contribution >= 0.6 is 34.5 Å². The minimum Gasteiger partial charge on any atom is -0.332 e. The fourth-order valence-electron chi connectivity index (χ4n) is 1.87. The molecule has 0 bridgehead atoms. The van der Waals surface area contributed by atoms with E-state index in [9.17, 15) is 0 Å². The van der Waals surface area contributed by atoms with Gasteiger partial charge in [-0.3, -0.25) is 0 Å². The van der Waals surface area contributed by atoms with E-state index in [0.717, 1.165) is 22.1 Å². The van der Waals surface area contributed by atoms with Gasteiger partial charge in [0.25, 0.3) is 0 Å². The fraction of sp³-hybridized carbons (Fsp3) is 0. The van der Waals surface area contributed by atoms with Crippen molar-refractivity contribution in [3.63, 3.8) is 0 Å². The Hall–Kier alpha value is -2.06. The average Bonchev–Trinajstić information content (AvgIpc) is 2.99. The van der Waals surface area contributed by atoms with E-state index in [4.69, 9.17) is 28.5 Å². The first-order valence-electron chi connectivity index (χ1n) is 6.34. The Bertz CT molecular complexity index is 851. The van der Waals surface area contributed by atoms with Gasteiger partial charge in [0.15, 0.2) is 5.13 Å². The second kappa shape index (κ2) is 6.37. The molecule has 0 amide bonds. The van der Waals surface area contributed by atoms with Gasteiger partial charge in [0.05, 0.1) is 27.4 Å². The van der Waals surface area contributed by atoms with Crippen molar-refractivity contribution in [2.24, 2.45) is 0 Å². The molecule has 108 valence electrons. The molecule has 1 N–H and O–H groups in total. The summed E-state index contributed by atoms with van der Waals surface area (Å²) in [5, 5.41) is 15.8. The first-order valence-corrected chi connectivity index (χ1v) is 7.97. The molecule has 22 heavy (non-hydrogen) atoms. The van der Waals surface area contributed by atoms with E-state index in [0.29, 0.717) is 15.6 Å². The second-order valence-electron chi connectivity index (χ2n) is 4.48. The third-order valence-corrected chi connectivity index (χ3v) is 4.48. The fourth-order valence-corrected chi connectivity index (χ4v) is 2.91. The summed E-state index contributed by atoms with van der Waals surface area (Å²) < 4.78 is 0. The zero-order valence-electron chi connectivity index (χ0n) is 11.2. The van der Waals surface area contributed by atoms with Gasteiger partial charge < -0.3 is 5.32 Å². The van der Waals surface area contributed by atoms with Crippen molar-refractivity contribution in [2.75, 3.05) is 5.32 Å². The molecule has 0 saturated heterocycles. The summed E-state index contributed by atoms with van der Waals surface area (Å²) in [4.78, 5) is 4.53. The highest BCUT2D eigenvalue weighted by Gasteiger charge is 2.07. The number of halogens is 2. The molecular formula is C16H9Cl2N3S. The predicted octanol–water partition coefficient (Wildman–Crippen LogP) is 5.73. The highest BCUT2D eigenvalue weighted by atomic mass is 35.5. The molecule has 6 heteroatoms. The molecule has 0 spiro atoms. The quantitative estimate of drug-likeness (QED) is 0.659. The summed E-state index contributed by atoms with van der Waals surface area (Å²) in [6.45, 7) is 0. The number of rotatable bonds is 3. The maximum absolute atomic E-state index is 8.79. The van der Waals surface area contributed by atoms with Crippen LogP contribution in [-0.4, -0.2) is 4.98 Å². The number of hydrogen-bond donors (Lipinski definition) is 1. The SMILES string of the molecule is N#Cc1ccc(Nc2nc(-c3ccc(Cl)c(Cl)c3)cs2)cc1. The van der Waals surface area contributed by atoms with Crippen molar-refractivity contribution in [1.29, 1.82) is 5.26 Å². The molecular weight excluding hydrogens is 337 g/mol. The summed E-state index contributed by atoms with van der Waals surface area (Å²) in [7, 11) is 0. The molecule has 1 aromatic heterocycles. The molecule has 0 saturated carbocycles. The van der Waals surface area contributed by atoms with Crippen LogP contribution in [0.2, 0.25) is 10.0 Å². The number of nitrogens with one attached hydrogen (secondary N) is 1. The van der Waals surface area contributed by atoms with E-state index in [-0.39, 0.29) is 0 Å². The Balaban J connectivity index is 1.81. The number of anilines is 2. The molecule has 0 fully saturated rings. The minimum absolute atomic E-state index is 0.508. The summed E-state index contributed by atoms with van der Waals surface area (Å²) in [5.74, 6) is 0. The molecule has 3 rings (SSSR count). The summed E-state index contributed by atoms with van der Waals surface area (Å²) in [5.41, 5.74) is 3.26. The van der Waals surface area contributed by atoms with Crippen molar-refractivity contribution in [1.82, 2.24) is 4.98 Å². The zero-order chi connectivity index (χ0) is 15.5. The van der Waals surface area contributed by atoms with Crippen LogP contribution in [0.3, 0.4) is 0 Å². The van der Waals surface area contributed by atoms with Gasteiger partial charge in [-0.05, 0) is 36.4 Å². The van der Waals surface area contributed by atoms with Crippen LogP contribution in [0, 0.1) is 11.3 Å². The van der Waals surface area contributed by atoms with E-state index in [1.165, 1.54) is 11.3 Å². The van der Waals surface area contributed by atoms with Gasteiger partial charge in [-0.1, -0.05) is 29.3 Å². The first kappa shape index (κ1) is 14.9. The normalized spacial score (nSPS) is 10.2. The summed E-state index contributed by atoms with van der Waals surface area (Å²) >= 11 is 13.4. The van der Waals surface area contributed by atoms with E-state index in [1.54, 1.807) is 24.3 Å². The Morgan fingerprint density at radius 1 is 1.05 bits per heavy atom. The van der Waals surface area contributed by atoms with Crippen LogP contribution in [0.1, 0.15) is 5.56 Å². The van der Waals surface area contributed by atoms with Gasteiger partial charge >= 0.3 is 0 Å². The third-order valence-electron chi connectivity index (χ3n) is 2.98. The number of hydrogen-bond acceptors (Lipinski definition) is 4. The Labute approximate surface area is 141 Å². The summed E-state index contributed by atoms with van der Waals surface area (Å²) in [6, 6.07) is 14.7. The molecule has 3 nitrogen and oxygen atoms in total. The van der Waals surface area contributed by atoms with Crippen LogP contribution in [0.4, 0.5) is 10.8 Å². The van der Waals surface area contributed by atoms with E-state index in [1.807, 2.05) is 23.6 Å². The first-order chi connectivity index (χ1) is 10.7. The smallest absolute Gasteiger partial charge is 0.187 e. The van der Waals surface area contributed by atoms with Crippen LogP contribution in [0.5, 0.6) is 0 Å². The average molecular weight is 346 g/mol. The standard InChI is InChI=1S/C16H9Cl2N3S/c17-13-6-3-11(7-14(13)18)15-9-22-16(21-15)20-12-4-1-10(8-19)2-5-12/h1-7,9H,(H,20,21). The second-order valence-corrected chi connectivity index (χ2v) is 6.15. The van der Waals surface area contributed by atoms with Crippen molar-refractivity contribution in [3.8, 4) is 17.3 Å². The highest BCUT2D eigenvalue weighted by molar-refractivity contribution is 7.14. The Morgan fingerprint density at radius 2 is 1.82 bits per heavy atom. The van der Waals surface area contributed by atoms with Gasteiger partial charge in [-0.2, -0.15) is 5.26 Å². The number of aromatic nitrogens is 1. The van der Waals surface area contributed by atoms with E-state index >= 15 is 0 Å². The van der Waals surface area contributed by atoms with Crippen LogP contribution in [-0.2, 0) is 0 Å². The minimum atomic E-state index is 0.508. The van der Waals surface area contributed by atoms with Gasteiger partial charge in [0, 0.05) is 16.6 Å². The molecule has 0 aliphatic carbocycles. The molecule has 0 radical (unpaired) electrons. The van der Waals surface area contributed by atoms with Crippen LogP contribution in [0.25, 0.3) is 11.3 Å². The Kier molecular flexibility index (Phi) is 4.30. The lowest BCUT2D eigenvalue weighted by Crippen LogP contribution is -1.89.